The molecule has 3 nitrogen and oxygen atoms in total. The number of amides is 1. The molecule has 0 spiro atoms. The fraction of sp³-hybridized carbons (Fsp3) is 0.222. The van der Waals surface area contributed by atoms with Crippen molar-refractivity contribution in [3.63, 3.8) is 0 Å². The zero-order valence-corrected chi connectivity index (χ0v) is 8.77. The van der Waals surface area contributed by atoms with Crippen molar-refractivity contribution in [1.29, 1.82) is 0 Å². The van der Waals surface area contributed by atoms with Gasteiger partial charge in [-0.1, -0.05) is 29.3 Å². The highest BCUT2D eigenvalue weighted by molar-refractivity contribution is 6.44. The Labute approximate surface area is 91.4 Å². The molecule has 1 aromatic carbocycles. The molecule has 0 atom stereocenters. The third-order valence-corrected chi connectivity index (χ3v) is 2.61. The summed E-state index contributed by atoms with van der Waals surface area (Å²) in [6, 6.07) is 3.20. The van der Waals surface area contributed by atoms with Gasteiger partial charge in [0.15, 0.2) is 0 Å². The zero-order valence-electron chi connectivity index (χ0n) is 7.26. The third kappa shape index (κ3) is 2.18. The van der Waals surface area contributed by atoms with E-state index in [1.165, 1.54) is 0 Å². The van der Waals surface area contributed by atoms with Gasteiger partial charge in [-0.25, -0.2) is 0 Å². The first kappa shape index (κ1) is 11.3. The van der Waals surface area contributed by atoms with Crippen LogP contribution in [0.5, 0.6) is 0 Å². The van der Waals surface area contributed by atoms with Gasteiger partial charge in [-0.2, -0.15) is 0 Å². The molecule has 0 radical (unpaired) electrons. The SMILES string of the molecule is NC(=O)c1c(CCO)ccc(Cl)c1Cl. The lowest BCUT2D eigenvalue weighted by molar-refractivity contribution is 0.0999. The summed E-state index contributed by atoms with van der Waals surface area (Å²) in [5.41, 5.74) is 5.95. The van der Waals surface area contributed by atoms with Crippen molar-refractivity contribution in [1.82, 2.24) is 0 Å². The van der Waals surface area contributed by atoms with E-state index in [9.17, 15) is 4.79 Å². The summed E-state index contributed by atoms with van der Waals surface area (Å²) in [7, 11) is 0. The van der Waals surface area contributed by atoms with Crippen molar-refractivity contribution >= 4 is 29.1 Å². The molecular formula is C9H9Cl2NO2. The van der Waals surface area contributed by atoms with Gasteiger partial charge in [-0.3, -0.25) is 4.79 Å². The maximum Gasteiger partial charge on any atom is 0.250 e. The molecule has 0 aliphatic rings. The summed E-state index contributed by atoms with van der Waals surface area (Å²) < 4.78 is 0. The molecule has 1 aromatic rings. The Morgan fingerprint density at radius 3 is 2.57 bits per heavy atom. The smallest absolute Gasteiger partial charge is 0.250 e. The number of benzene rings is 1. The highest BCUT2D eigenvalue weighted by Crippen LogP contribution is 2.28. The number of halogens is 2. The van der Waals surface area contributed by atoms with Crippen molar-refractivity contribution in [2.24, 2.45) is 5.73 Å². The minimum absolute atomic E-state index is 0.0712. The van der Waals surface area contributed by atoms with Gasteiger partial charge < -0.3 is 10.8 Å². The van der Waals surface area contributed by atoms with Crippen LogP contribution in [0.25, 0.3) is 0 Å². The molecule has 0 aliphatic carbocycles. The second kappa shape index (κ2) is 4.64. The quantitative estimate of drug-likeness (QED) is 0.834. The van der Waals surface area contributed by atoms with E-state index < -0.39 is 5.91 Å². The van der Waals surface area contributed by atoms with E-state index >= 15 is 0 Å². The lowest BCUT2D eigenvalue weighted by Gasteiger charge is -2.08. The third-order valence-electron chi connectivity index (χ3n) is 1.81. The van der Waals surface area contributed by atoms with Gasteiger partial charge >= 0.3 is 0 Å². The van der Waals surface area contributed by atoms with Gasteiger partial charge in [0.05, 0.1) is 15.6 Å². The van der Waals surface area contributed by atoms with Crippen molar-refractivity contribution in [2.45, 2.75) is 6.42 Å². The molecule has 0 aliphatic heterocycles. The van der Waals surface area contributed by atoms with Crippen LogP contribution >= 0.6 is 23.2 Å². The molecule has 1 amide bonds. The molecule has 1 rings (SSSR count). The van der Waals surface area contributed by atoms with Gasteiger partial charge in [0.1, 0.15) is 0 Å². The molecule has 0 bridgehead atoms. The highest BCUT2D eigenvalue weighted by Gasteiger charge is 2.14. The lowest BCUT2D eigenvalue weighted by atomic mass is 10.0. The number of aliphatic hydroxyl groups excluding tert-OH is 1. The predicted molar refractivity (Wildman–Crippen MR) is 55.8 cm³/mol. The van der Waals surface area contributed by atoms with Crippen LogP contribution in [0.3, 0.4) is 0 Å². The Balaban J connectivity index is 3.30. The summed E-state index contributed by atoms with van der Waals surface area (Å²) in [6.45, 7) is -0.0712. The summed E-state index contributed by atoms with van der Waals surface area (Å²) in [4.78, 5) is 11.1. The van der Waals surface area contributed by atoms with Crippen LogP contribution in [-0.4, -0.2) is 17.6 Å². The monoisotopic (exact) mass is 233 g/mol. The van der Waals surface area contributed by atoms with Gasteiger partial charge in [0, 0.05) is 6.61 Å². The van der Waals surface area contributed by atoms with Crippen molar-refractivity contribution in [3.05, 3.63) is 33.3 Å². The largest absolute Gasteiger partial charge is 0.396 e. The fourth-order valence-corrected chi connectivity index (χ4v) is 1.62. The maximum atomic E-state index is 11.1. The summed E-state index contributed by atoms with van der Waals surface area (Å²) in [5, 5.41) is 9.18. The Bertz CT molecular complexity index is 366. The van der Waals surface area contributed by atoms with Crippen LogP contribution in [0.4, 0.5) is 0 Å². The Kier molecular flexibility index (Phi) is 3.75. The normalized spacial score (nSPS) is 10.2. The first-order valence-electron chi connectivity index (χ1n) is 3.95. The highest BCUT2D eigenvalue weighted by atomic mass is 35.5. The molecular weight excluding hydrogens is 225 g/mol. The molecule has 3 N–H and O–H groups in total. The summed E-state index contributed by atoms with van der Waals surface area (Å²) >= 11 is 11.5. The average Bonchev–Trinajstić information content (AvgIpc) is 2.11. The number of hydrogen-bond donors (Lipinski definition) is 2. The van der Waals surface area contributed by atoms with Crippen LogP contribution in [-0.2, 0) is 6.42 Å². The predicted octanol–water partition coefficient (Wildman–Crippen LogP) is 1.63. The molecule has 0 fully saturated rings. The van der Waals surface area contributed by atoms with Crippen LogP contribution < -0.4 is 5.73 Å². The average molecular weight is 234 g/mol. The van der Waals surface area contributed by atoms with Gasteiger partial charge in [0.2, 0.25) is 0 Å². The molecule has 0 heterocycles. The molecule has 14 heavy (non-hydrogen) atoms. The minimum Gasteiger partial charge on any atom is -0.396 e. The van der Waals surface area contributed by atoms with E-state index in [-0.39, 0.29) is 22.2 Å². The topological polar surface area (TPSA) is 63.3 Å². The van der Waals surface area contributed by atoms with Crippen molar-refractivity contribution in [3.8, 4) is 0 Å². The van der Waals surface area contributed by atoms with E-state index in [1.54, 1.807) is 12.1 Å². The summed E-state index contributed by atoms with van der Waals surface area (Å²) in [5.74, 6) is -0.638. The first-order chi connectivity index (χ1) is 6.57. The zero-order chi connectivity index (χ0) is 10.7. The molecule has 0 aromatic heterocycles. The lowest BCUT2D eigenvalue weighted by Crippen LogP contribution is -2.15. The van der Waals surface area contributed by atoms with Crippen LogP contribution in [0, 0.1) is 0 Å². The summed E-state index contributed by atoms with van der Waals surface area (Å²) in [6.07, 6.45) is 0.329. The number of carbonyl (C=O) groups excluding carboxylic acids is 1. The second-order valence-corrected chi connectivity index (χ2v) is 3.52. The van der Waals surface area contributed by atoms with Gasteiger partial charge in [-0.05, 0) is 18.1 Å². The van der Waals surface area contributed by atoms with E-state index in [1.807, 2.05) is 0 Å². The van der Waals surface area contributed by atoms with E-state index in [0.717, 1.165) is 0 Å². The number of rotatable bonds is 3. The number of primary amides is 1. The number of carbonyl (C=O) groups is 1. The van der Waals surface area contributed by atoms with E-state index in [2.05, 4.69) is 0 Å². The molecule has 76 valence electrons. The maximum absolute atomic E-state index is 11.1. The van der Waals surface area contributed by atoms with E-state index in [4.69, 9.17) is 34.0 Å². The fourth-order valence-electron chi connectivity index (χ4n) is 1.19. The van der Waals surface area contributed by atoms with Crippen molar-refractivity contribution in [2.75, 3.05) is 6.61 Å². The van der Waals surface area contributed by atoms with E-state index in [0.29, 0.717) is 12.0 Å². The van der Waals surface area contributed by atoms with Crippen LogP contribution in [0.2, 0.25) is 10.0 Å². The number of aliphatic hydroxyl groups is 1. The molecule has 0 saturated carbocycles. The molecule has 0 unspecified atom stereocenters. The molecule has 0 saturated heterocycles. The number of hydrogen-bond acceptors (Lipinski definition) is 2. The standard InChI is InChI=1S/C9H9Cl2NO2/c10-6-2-1-5(3-4-13)7(8(6)11)9(12)14/h1-2,13H,3-4H2,(H2,12,14). The Hall–Kier alpha value is -0.770. The van der Waals surface area contributed by atoms with Gasteiger partial charge in [0.25, 0.3) is 5.91 Å². The molecule has 5 heteroatoms. The minimum atomic E-state index is -0.638. The van der Waals surface area contributed by atoms with Crippen LogP contribution in [0.15, 0.2) is 12.1 Å². The van der Waals surface area contributed by atoms with Crippen molar-refractivity contribution < 1.29 is 9.90 Å². The number of nitrogens with two attached hydrogens (primary N) is 1. The van der Waals surface area contributed by atoms with Crippen LogP contribution in [0.1, 0.15) is 15.9 Å². The Morgan fingerprint density at radius 2 is 2.07 bits per heavy atom. The van der Waals surface area contributed by atoms with Gasteiger partial charge in [-0.15, -0.1) is 0 Å². The Morgan fingerprint density at radius 1 is 1.43 bits per heavy atom. The second-order valence-electron chi connectivity index (χ2n) is 2.73. The first-order valence-corrected chi connectivity index (χ1v) is 4.71.